The van der Waals surface area contributed by atoms with E-state index in [2.05, 4.69) is 15.5 Å². The molecular formula is C19H15N3O3. The summed E-state index contributed by atoms with van der Waals surface area (Å²) in [6.45, 7) is 0.138. The number of fused-ring (bicyclic) bond motifs is 2. The van der Waals surface area contributed by atoms with Gasteiger partial charge in [0.05, 0.1) is 6.21 Å². The Labute approximate surface area is 144 Å². The zero-order valence-corrected chi connectivity index (χ0v) is 13.3. The minimum Gasteiger partial charge on any atom is -0.485 e. The summed E-state index contributed by atoms with van der Waals surface area (Å²) in [5.74, 6) is 0.835. The maximum Gasteiger partial charge on any atom is 0.284 e. The number of carbonyl (C=O) groups is 1. The van der Waals surface area contributed by atoms with Gasteiger partial charge in [-0.15, -0.1) is 0 Å². The smallest absolute Gasteiger partial charge is 0.284 e. The first kappa shape index (κ1) is 15.1. The van der Waals surface area contributed by atoms with Crippen LogP contribution in [0.2, 0.25) is 0 Å². The molecule has 1 aromatic heterocycles. The molecule has 3 aromatic rings. The number of ether oxygens (including phenoxy) is 2. The molecule has 1 aliphatic rings. The molecule has 1 unspecified atom stereocenters. The third-order valence-corrected chi connectivity index (χ3v) is 3.84. The van der Waals surface area contributed by atoms with Gasteiger partial charge in [0.1, 0.15) is 6.61 Å². The van der Waals surface area contributed by atoms with Crippen molar-refractivity contribution in [3.8, 4) is 11.5 Å². The topological polar surface area (TPSA) is 72.8 Å². The maximum absolute atomic E-state index is 12.2. The van der Waals surface area contributed by atoms with Crippen LogP contribution in [0.15, 0.2) is 66.0 Å². The summed E-state index contributed by atoms with van der Waals surface area (Å²) in [6.07, 6.45) is 4.09. The lowest BCUT2D eigenvalue weighted by atomic mass is 10.1. The highest BCUT2D eigenvalue weighted by Crippen LogP contribution is 2.35. The first-order valence-corrected chi connectivity index (χ1v) is 7.85. The quantitative estimate of drug-likeness (QED) is 0.590. The standard InChI is InChI=1S/C19H15N3O3/c23-19(22-21-11-13-4-3-7-20-10-13)18-12-24-16-8-14-5-1-2-6-15(14)9-17(16)25-18/h1-11,18H,12H2,(H,22,23)/b21-11+. The van der Waals surface area contributed by atoms with Gasteiger partial charge in [-0.2, -0.15) is 5.10 Å². The fourth-order valence-corrected chi connectivity index (χ4v) is 2.58. The Morgan fingerprint density at radius 2 is 1.96 bits per heavy atom. The predicted molar refractivity (Wildman–Crippen MR) is 93.8 cm³/mol. The van der Waals surface area contributed by atoms with Crippen LogP contribution in [0.4, 0.5) is 0 Å². The monoisotopic (exact) mass is 333 g/mol. The molecule has 6 heteroatoms. The molecule has 6 nitrogen and oxygen atoms in total. The van der Waals surface area contributed by atoms with Gasteiger partial charge in [-0.1, -0.05) is 30.3 Å². The predicted octanol–water partition coefficient (Wildman–Crippen LogP) is 2.52. The van der Waals surface area contributed by atoms with Crippen molar-refractivity contribution in [2.75, 3.05) is 6.61 Å². The maximum atomic E-state index is 12.2. The number of rotatable bonds is 3. The van der Waals surface area contributed by atoms with Gasteiger partial charge in [0.15, 0.2) is 11.5 Å². The van der Waals surface area contributed by atoms with Gasteiger partial charge >= 0.3 is 0 Å². The van der Waals surface area contributed by atoms with Gasteiger partial charge in [0.25, 0.3) is 5.91 Å². The van der Waals surface area contributed by atoms with Gasteiger partial charge in [0.2, 0.25) is 6.10 Å². The summed E-state index contributed by atoms with van der Waals surface area (Å²) in [4.78, 5) is 16.2. The zero-order valence-electron chi connectivity index (χ0n) is 13.3. The van der Waals surface area contributed by atoms with Crippen molar-refractivity contribution in [1.29, 1.82) is 0 Å². The summed E-state index contributed by atoms with van der Waals surface area (Å²) in [7, 11) is 0. The largest absolute Gasteiger partial charge is 0.485 e. The molecule has 0 aliphatic carbocycles. The fourth-order valence-electron chi connectivity index (χ4n) is 2.58. The molecule has 0 spiro atoms. The first-order valence-electron chi connectivity index (χ1n) is 7.85. The molecule has 0 fully saturated rings. The van der Waals surface area contributed by atoms with Crippen LogP contribution < -0.4 is 14.9 Å². The average Bonchev–Trinajstić information content (AvgIpc) is 2.66. The molecule has 2 heterocycles. The van der Waals surface area contributed by atoms with Crippen LogP contribution in [0.3, 0.4) is 0 Å². The summed E-state index contributed by atoms with van der Waals surface area (Å²) < 4.78 is 11.5. The van der Waals surface area contributed by atoms with Crippen LogP contribution in [0.5, 0.6) is 11.5 Å². The van der Waals surface area contributed by atoms with Gasteiger partial charge in [-0.3, -0.25) is 9.78 Å². The average molecular weight is 333 g/mol. The SMILES string of the molecule is O=C(N/N=C/c1cccnc1)C1COc2cc3ccccc3cc2O1. The Hall–Kier alpha value is -3.41. The summed E-state index contributed by atoms with van der Waals surface area (Å²) >= 11 is 0. The van der Waals surface area contributed by atoms with E-state index >= 15 is 0 Å². The number of aromatic nitrogens is 1. The number of hydrogen-bond acceptors (Lipinski definition) is 5. The number of hydrazone groups is 1. The second kappa shape index (κ2) is 6.60. The summed E-state index contributed by atoms with van der Waals surface area (Å²) in [5, 5.41) is 6.01. The highest BCUT2D eigenvalue weighted by molar-refractivity contribution is 5.87. The minimum absolute atomic E-state index is 0.138. The third kappa shape index (κ3) is 3.28. The molecular weight excluding hydrogens is 318 g/mol. The fraction of sp³-hybridized carbons (Fsp3) is 0.105. The second-order valence-corrected chi connectivity index (χ2v) is 5.58. The molecule has 0 saturated carbocycles. The number of nitrogens with zero attached hydrogens (tertiary/aromatic N) is 2. The van der Waals surface area contributed by atoms with Crippen molar-refractivity contribution in [2.45, 2.75) is 6.10 Å². The second-order valence-electron chi connectivity index (χ2n) is 5.58. The third-order valence-electron chi connectivity index (χ3n) is 3.84. The normalized spacial score (nSPS) is 16.1. The molecule has 4 rings (SSSR count). The molecule has 1 amide bonds. The lowest BCUT2D eigenvalue weighted by molar-refractivity contribution is -0.130. The number of benzene rings is 2. The highest BCUT2D eigenvalue weighted by Gasteiger charge is 2.27. The Bertz CT molecular complexity index is 941. The molecule has 2 aromatic carbocycles. The van der Waals surface area contributed by atoms with E-state index < -0.39 is 6.10 Å². The van der Waals surface area contributed by atoms with Crippen LogP contribution >= 0.6 is 0 Å². The van der Waals surface area contributed by atoms with Crippen molar-refractivity contribution in [1.82, 2.24) is 10.4 Å². The van der Waals surface area contributed by atoms with Gasteiger partial charge in [-0.05, 0) is 29.0 Å². The van der Waals surface area contributed by atoms with Crippen molar-refractivity contribution < 1.29 is 14.3 Å². The van der Waals surface area contributed by atoms with E-state index in [0.717, 1.165) is 16.3 Å². The van der Waals surface area contributed by atoms with Crippen LogP contribution in [-0.4, -0.2) is 29.8 Å². The van der Waals surface area contributed by atoms with E-state index in [1.54, 1.807) is 18.5 Å². The minimum atomic E-state index is -0.750. The van der Waals surface area contributed by atoms with E-state index in [1.165, 1.54) is 6.21 Å². The van der Waals surface area contributed by atoms with Crippen LogP contribution in [0.25, 0.3) is 10.8 Å². The van der Waals surface area contributed by atoms with Crippen LogP contribution in [0, 0.1) is 0 Å². The molecule has 0 radical (unpaired) electrons. The Morgan fingerprint density at radius 1 is 1.16 bits per heavy atom. The molecule has 1 aliphatic heterocycles. The van der Waals surface area contributed by atoms with Crippen LogP contribution in [-0.2, 0) is 4.79 Å². The van der Waals surface area contributed by atoms with E-state index in [0.29, 0.717) is 11.5 Å². The van der Waals surface area contributed by atoms with Crippen molar-refractivity contribution in [3.05, 3.63) is 66.5 Å². The number of amides is 1. The summed E-state index contributed by atoms with van der Waals surface area (Å²) in [5.41, 5.74) is 3.26. The molecule has 1 N–H and O–H groups in total. The highest BCUT2D eigenvalue weighted by atomic mass is 16.6. The number of carbonyl (C=O) groups excluding carboxylic acids is 1. The molecule has 1 atom stereocenters. The molecule has 25 heavy (non-hydrogen) atoms. The molecule has 0 bridgehead atoms. The zero-order chi connectivity index (χ0) is 17.1. The number of hydrogen-bond donors (Lipinski definition) is 1. The van der Waals surface area contributed by atoms with Crippen molar-refractivity contribution in [3.63, 3.8) is 0 Å². The Morgan fingerprint density at radius 3 is 2.72 bits per heavy atom. The van der Waals surface area contributed by atoms with Crippen molar-refractivity contribution in [2.24, 2.45) is 5.10 Å². The molecule has 124 valence electrons. The number of pyridine rings is 1. The number of nitrogens with one attached hydrogen (secondary N) is 1. The molecule has 0 saturated heterocycles. The van der Waals surface area contributed by atoms with Crippen molar-refractivity contribution >= 4 is 22.9 Å². The van der Waals surface area contributed by atoms with E-state index in [4.69, 9.17) is 9.47 Å². The lowest BCUT2D eigenvalue weighted by Crippen LogP contribution is -2.42. The van der Waals surface area contributed by atoms with E-state index in [-0.39, 0.29) is 12.5 Å². The Kier molecular flexibility index (Phi) is 4.00. The lowest BCUT2D eigenvalue weighted by Gasteiger charge is -2.25. The van der Waals surface area contributed by atoms with Gasteiger partial charge < -0.3 is 9.47 Å². The summed E-state index contributed by atoms with van der Waals surface area (Å²) in [6, 6.07) is 15.3. The first-order chi connectivity index (χ1) is 12.3. The van der Waals surface area contributed by atoms with Crippen LogP contribution in [0.1, 0.15) is 5.56 Å². The van der Waals surface area contributed by atoms with E-state index in [1.807, 2.05) is 42.5 Å². The van der Waals surface area contributed by atoms with E-state index in [9.17, 15) is 4.79 Å². The van der Waals surface area contributed by atoms with Gasteiger partial charge in [0, 0.05) is 18.0 Å². The Balaban J connectivity index is 1.45. The van der Waals surface area contributed by atoms with Gasteiger partial charge in [-0.25, -0.2) is 5.43 Å².